The first kappa shape index (κ1) is 10.4. The van der Waals surface area contributed by atoms with Crippen molar-refractivity contribution in [1.82, 2.24) is 0 Å². The van der Waals surface area contributed by atoms with Crippen LogP contribution in [0.5, 0.6) is 0 Å². The van der Waals surface area contributed by atoms with E-state index in [4.69, 9.17) is 5.73 Å². The molecule has 0 spiro atoms. The lowest BCUT2D eigenvalue weighted by Crippen LogP contribution is -2.35. The summed E-state index contributed by atoms with van der Waals surface area (Å²) in [5, 5.41) is 9.30. The maximum absolute atomic E-state index is 9.30. The van der Waals surface area contributed by atoms with Gasteiger partial charge in [0, 0.05) is 5.54 Å². The molecule has 0 aromatic carbocycles. The Hall–Kier alpha value is -0.600. The van der Waals surface area contributed by atoms with Gasteiger partial charge in [-0.1, -0.05) is 24.8 Å². The van der Waals surface area contributed by atoms with Gasteiger partial charge in [-0.15, -0.1) is 0 Å². The molecular weight excluding hydrogens is 138 g/mol. The highest BCUT2D eigenvalue weighted by Crippen LogP contribution is 2.08. The minimum atomic E-state index is -0.465. The van der Waals surface area contributed by atoms with E-state index in [1.807, 2.05) is 13.8 Å². The molecule has 2 nitrogen and oxygen atoms in total. The smallest absolute Gasteiger partial charge is 0.0741 e. The van der Waals surface area contributed by atoms with Crippen LogP contribution in [0.1, 0.15) is 20.3 Å². The molecule has 0 bridgehead atoms. The Morgan fingerprint density at radius 3 is 2.55 bits per heavy atom. The number of aliphatic hydroxyl groups excluding tert-OH is 1. The molecule has 3 N–H and O–H groups in total. The van der Waals surface area contributed by atoms with Crippen molar-refractivity contribution >= 4 is 0 Å². The number of aliphatic hydroxyl groups is 1. The zero-order chi connectivity index (χ0) is 8.91. The SMILES string of the molecule is C=CC=CC(O)CC(C)(C)N. The minimum Gasteiger partial charge on any atom is -0.389 e. The monoisotopic (exact) mass is 155 g/mol. The fraction of sp³-hybridized carbons (Fsp3) is 0.556. The first-order valence-corrected chi connectivity index (χ1v) is 3.72. The zero-order valence-electron chi connectivity index (χ0n) is 7.25. The minimum absolute atomic E-state index is 0.315. The van der Waals surface area contributed by atoms with E-state index < -0.39 is 6.10 Å². The van der Waals surface area contributed by atoms with Crippen LogP contribution in [0, 0.1) is 0 Å². The largest absolute Gasteiger partial charge is 0.389 e. The average Bonchev–Trinajstić information content (AvgIpc) is 1.79. The number of hydrogen-bond donors (Lipinski definition) is 2. The van der Waals surface area contributed by atoms with Crippen LogP contribution in [0.4, 0.5) is 0 Å². The van der Waals surface area contributed by atoms with E-state index in [-0.39, 0.29) is 5.54 Å². The molecule has 0 aromatic rings. The van der Waals surface area contributed by atoms with E-state index in [2.05, 4.69) is 6.58 Å². The lowest BCUT2D eigenvalue weighted by molar-refractivity contribution is 0.184. The molecule has 0 heterocycles. The second kappa shape index (κ2) is 4.31. The molecule has 0 saturated heterocycles. The van der Waals surface area contributed by atoms with E-state index >= 15 is 0 Å². The summed E-state index contributed by atoms with van der Waals surface area (Å²) < 4.78 is 0. The van der Waals surface area contributed by atoms with Crippen molar-refractivity contribution in [2.45, 2.75) is 31.9 Å². The van der Waals surface area contributed by atoms with Crippen molar-refractivity contribution in [2.24, 2.45) is 5.73 Å². The lowest BCUT2D eigenvalue weighted by Gasteiger charge is -2.20. The van der Waals surface area contributed by atoms with Gasteiger partial charge in [-0.25, -0.2) is 0 Å². The van der Waals surface area contributed by atoms with Gasteiger partial charge in [0.25, 0.3) is 0 Å². The topological polar surface area (TPSA) is 46.2 Å². The Morgan fingerprint density at radius 1 is 1.64 bits per heavy atom. The molecule has 1 unspecified atom stereocenters. The Labute approximate surface area is 68.4 Å². The number of hydrogen-bond acceptors (Lipinski definition) is 2. The van der Waals surface area contributed by atoms with Crippen LogP contribution < -0.4 is 5.73 Å². The third-order valence-corrected chi connectivity index (χ3v) is 1.20. The van der Waals surface area contributed by atoms with Gasteiger partial charge in [0.2, 0.25) is 0 Å². The van der Waals surface area contributed by atoms with Crippen LogP contribution in [0.25, 0.3) is 0 Å². The van der Waals surface area contributed by atoms with Crippen molar-refractivity contribution in [3.8, 4) is 0 Å². The fourth-order valence-electron chi connectivity index (χ4n) is 0.814. The van der Waals surface area contributed by atoms with E-state index in [0.29, 0.717) is 6.42 Å². The first-order chi connectivity index (χ1) is 4.95. The van der Waals surface area contributed by atoms with Gasteiger partial charge < -0.3 is 10.8 Å². The second-order valence-corrected chi connectivity index (χ2v) is 3.38. The third-order valence-electron chi connectivity index (χ3n) is 1.20. The van der Waals surface area contributed by atoms with Gasteiger partial charge in [0.05, 0.1) is 6.10 Å². The van der Waals surface area contributed by atoms with Crippen molar-refractivity contribution in [1.29, 1.82) is 0 Å². The predicted molar refractivity (Wildman–Crippen MR) is 48.2 cm³/mol. The average molecular weight is 155 g/mol. The molecule has 0 saturated carbocycles. The predicted octanol–water partition coefficient (Wildman–Crippen LogP) is 1.22. The van der Waals surface area contributed by atoms with E-state index in [0.717, 1.165) is 0 Å². The Kier molecular flexibility index (Phi) is 4.08. The van der Waals surface area contributed by atoms with Gasteiger partial charge >= 0.3 is 0 Å². The second-order valence-electron chi connectivity index (χ2n) is 3.38. The Morgan fingerprint density at radius 2 is 2.18 bits per heavy atom. The highest BCUT2D eigenvalue weighted by molar-refractivity contribution is 5.01. The van der Waals surface area contributed by atoms with Gasteiger partial charge in [0.15, 0.2) is 0 Å². The van der Waals surface area contributed by atoms with E-state index in [9.17, 15) is 5.11 Å². The molecule has 0 rings (SSSR count). The van der Waals surface area contributed by atoms with Gasteiger partial charge in [-0.05, 0) is 20.3 Å². The molecular formula is C9H17NO. The van der Waals surface area contributed by atoms with Crippen molar-refractivity contribution in [3.05, 3.63) is 24.8 Å². The van der Waals surface area contributed by atoms with Crippen LogP contribution in [0.15, 0.2) is 24.8 Å². The summed E-state index contributed by atoms with van der Waals surface area (Å²) in [5.74, 6) is 0. The molecule has 64 valence electrons. The van der Waals surface area contributed by atoms with Crippen LogP contribution in [0.2, 0.25) is 0 Å². The van der Waals surface area contributed by atoms with Crippen molar-refractivity contribution in [3.63, 3.8) is 0 Å². The summed E-state index contributed by atoms with van der Waals surface area (Å²) >= 11 is 0. The number of nitrogens with two attached hydrogens (primary N) is 1. The van der Waals surface area contributed by atoms with Crippen molar-refractivity contribution < 1.29 is 5.11 Å². The molecule has 0 amide bonds. The highest BCUT2D eigenvalue weighted by Gasteiger charge is 2.14. The molecule has 0 fully saturated rings. The molecule has 0 radical (unpaired) electrons. The summed E-state index contributed by atoms with van der Waals surface area (Å²) in [6.07, 6.45) is 5.13. The summed E-state index contributed by atoms with van der Waals surface area (Å²) in [4.78, 5) is 0. The maximum Gasteiger partial charge on any atom is 0.0741 e. The summed E-state index contributed by atoms with van der Waals surface area (Å²) in [7, 11) is 0. The molecule has 0 aromatic heterocycles. The Bertz CT molecular complexity index is 144. The van der Waals surface area contributed by atoms with E-state index in [1.165, 1.54) is 0 Å². The van der Waals surface area contributed by atoms with Gasteiger partial charge in [-0.3, -0.25) is 0 Å². The zero-order valence-corrected chi connectivity index (χ0v) is 7.25. The van der Waals surface area contributed by atoms with Crippen molar-refractivity contribution in [2.75, 3.05) is 0 Å². The maximum atomic E-state index is 9.30. The van der Waals surface area contributed by atoms with Crippen LogP contribution in [0.3, 0.4) is 0 Å². The summed E-state index contributed by atoms with van der Waals surface area (Å²) in [6.45, 7) is 7.27. The van der Waals surface area contributed by atoms with E-state index in [1.54, 1.807) is 18.2 Å². The third kappa shape index (κ3) is 7.30. The Balaban J connectivity index is 3.78. The molecule has 2 heteroatoms. The molecule has 0 aliphatic rings. The van der Waals surface area contributed by atoms with Crippen LogP contribution in [-0.4, -0.2) is 16.7 Å². The number of allylic oxidation sites excluding steroid dienone is 2. The first-order valence-electron chi connectivity index (χ1n) is 3.72. The molecule has 1 atom stereocenters. The standard InChI is InChI=1S/C9H17NO/c1-4-5-6-8(11)7-9(2,3)10/h4-6,8,11H,1,7,10H2,2-3H3. The van der Waals surface area contributed by atoms with Gasteiger partial charge in [-0.2, -0.15) is 0 Å². The van der Waals surface area contributed by atoms with Crippen LogP contribution >= 0.6 is 0 Å². The molecule has 0 aliphatic heterocycles. The fourth-order valence-corrected chi connectivity index (χ4v) is 0.814. The summed E-state index contributed by atoms with van der Waals surface area (Å²) in [6, 6.07) is 0. The van der Waals surface area contributed by atoms with Crippen LogP contribution in [-0.2, 0) is 0 Å². The van der Waals surface area contributed by atoms with Gasteiger partial charge in [0.1, 0.15) is 0 Å². The quantitative estimate of drug-likeness (QED) is 0.599. The normalized spacial score (nSPS) is 15.3. The lowest BCUT2D eigenvalue weighted by atomic mass is 9.98. The highest BCUT2D eigenvalue weighted by atomic mass is 16.3. The molecule has 0 aliphatic carbocycles. The summed E-state index contributed by atoms with van der Waals surface area (Å²) in [5.41, 5.74) is 5.37. The molecule has 11 heavy (non-hydrogen) atoms. The number of rotatable bonds is 4.